The second-order valence-electron chi connectivity index (χ2n) is 8.06. The summed E-state index contributed by atoms with van der Waals surface area (Å²) in [7, 11) is 3.34. The highest BCUT2D eigenvalue weighted by atomic mass is 16.5. The molecule has 0 spiro atoms. The van der Waals surface area contributed by atoms with Crippen LogP contribution < -0.4 is 10.1 Å². The number of hydrogen-bond acceptors (Lipinski definition) is 7. The van der Waals surface area contributed by atoms with E-state index in [1.807, 2.05) is 33.4 Å². The van der Waals surface area contributed by atoms with Crippen LogP contribution in [0.5, 0.6) is 5.88 Å². The Balaban J connectivity index is 1.34. The van der Waals surface area contributed by atoms with Crippen LogP contribution >= 0.6 is 0 Å². The number of rotatable bonds is 8. The lowest BCUT2D eigenvalue weighted by atomic mass is 9.93. The maximum atomic E-state index is 5.87. The summed E-state index contributed by atoms with van der Waals surface area (Å²) in [6.07, 6.45) is 12.1. The minimum atomic E-state index is 0.306. The number of aromatic nitrogens is 5. The Labute approximate surface area is 186 Å². The number of nitrogens with zero attached hydrogens (tertiary/aromatic N) is 5. The summed E-state index contributed by atoms with van der Waals surface area (Å²) < 4.78 is 20.4. The average Bonchev–Trinajstić information content (AvgIpc) is 3.46. The summed E-state index contributed by atoms with van der Waals surface area (Å²) in [5, 5.41) is 8.19. The van der Waals surface area contributed by atoms with Gasteiger partial charge < -0.3 is 23.9 Å². The lowest BCUT2D eigenvalue weighted by Crippen LogP contribution is -2.31. The summed E-state index contributed by atoms with van der Waals surface area (Å²) in [6, 6.07) is 6.41. The Morgan fingerprint density at radius 3 is 2.75 bits per heavy atom. The number of ether oxygens (including phenoxy) is 3. The molecule has 1 fully saturated rings. The molecule has 32 heavy (non-hydrogen) atoms. The van der Waals surface area contributed by atoms with E-state index >= 15 is 0 Å². The summed E-state index contributed by atoms with van der Waals surface area (Å²) in [4.78, 5) is 8.99. The molecule has 0 amide bonds. The zero-order valence-corrected chi connectivity index (χ0v) is 18.4. The molecule has 5 rings (SSSR count). The van der Waals surface area contributed by atoms with Crippen LogP contribution in [-0.4, -0.2) is 63.6 Å². The molecule has 0 saturated heterocycles. The van der Waals surface area contributed by atoms with Crippen molar-refractivity contribution < 1.29 is 14.2 Å². The maximum Gasteiger partial charge on any atom is 0.244 e. The maximum absolute atomic E-state index is 5.87. The molecule has 1 saturated carbocycles. The first-order valence-corrected chi connectivity index (χ1v) is 11.0. The number of methoxy groups -OCH3 is 2. The molecule has 1 N–H and O–H groups in total. The van der Waals surface area contributed by atoms with E-state index in [0.29, 0.717) is 37.2 Å². The molecule has 0 aliphatic heterocycles. The highest BCUT2D eigenvalue weighted by Crippen LogP contribution is 2.32. The summed E-state index contributed by atoms with van der Waals surface area (Å²) >= 11 is 0. The number of fused-ring (bicyclic) bond motifs is 2. The second-order valence-corrected chi connectivity index (χ2v) is 8.06. The van der Waals surface area contributed by atoms with Gasteiger partial charge in [-0.05, 0) is 43.9 Å². The number of pyridine rings is 1. The van der Waals surface area contributed by atoms with E-state index < -0.39 is 0 Å². The number of imidazole rings is 1. The van der Waals surface area contributed by atoms with Crippen molar-refractivity contribution in [3.63, 3.8) is 0 Å². The fraction of sp³-hybridized carbons (Fsp3) is 0.435. The van der Waals surface area contributed by atoms with Gasteiger partial charge in [0.05, 0.1) is 26.4 Å². The van der Waals surface area contributed by atoms with Gasteiger partial charge in [0.15, 0.2) is 0 Å². The first kappa shape index (κ1) is 20.7. The predicted octanol–water partition coefficient (Wildman–Crippen LogP) is 3.44. The summed E-state index contributed by atoms with van der Waals surface area (Å²) in [5.41, 5.74) is 3.81. The van der Waals surface area contributed by atoms with E-state index in [1.54, 1.807) is 20.4 Å². The lowest BCUT2D eigenvalue weighted by Gasteiger charge is -2.29. The molecule has 9 heteroatoms. The zero-order chi connectivity index (χ0) is 21.9. The Kier molecular flexibility index (Phi) is 5.91. The number of anilines is 1. The van der Waals surface area contributed by atoms with E-state index in [-0.39, 0.29) is 0 Å². The molecular formula is C23H28N6O3. The van der Waals surface area contributed by atoms with Crippen molar-refractivity contribution in [2.75, 3.05) is 32.8 Å². The molecule has 0 unspecified atom stereocenters. The van der Waals surface area contributed by atoms with Crippen molar-refractivity contribution in [2.45, 2.75) is 37.8 Å². The molecule has 0 aromatic carbocycles. The van der Waals surface area contributed by atoms with Crippen LogP contribution in [0.2, 0.25) is 0 Å². The van der Waals surface area contributed by atoms with Gasteiger partial charge in [-0.25, -0.2) is 9.50 Å². The summed E-state index contributed by atoms with van der Waals surface area (Å²) in [6.45, 7) is 1.29. The van der Waals surface area contributed by atoms with Crippen LogP contribution in [0.25, 0.3) is 22.3 Å². The van der Waals surface area contributed by atoms with E-state index in [9.17, 15) is 0 Å². The van der Waals surface area contributed by atoms with Crippen LogP contribution in [0.15, 0.2) is 43.0 Å². The minimum absolute atomic E-state index is 0.306. The van der Waals surface area contributed by atoms with Gasteiger partial charge >= 0.3 is 0 Å². The van der Waals surface area contributed by atoms with Crippen LogP contribution in [-0.2, 0) is 9.47 Å². The molecule has 168 valence electrons. The molecule has 0 bridgehead atoms. The highest BCUT2D eigenvalue weighted by molar-refractivity contribution is 5.84. The molecule has 4 aromatic heterocycles. The van der Waals surface area contributed by atoms with Crippen LogP contribution in [0.3, 0.4) is 0 Å². The first-order chi connectivity index (χ1) is 15.7. The second kappa shape index (κ2) is 9.13. The first-order valence-electron chi connectivity index (χ1n) is 11.0. The third-order valence-electron chi connectivity index (χ3n) is 6.02. The zero-order valence-electron chi connectivity index (χ0n) is 18.4. The van der Waals surface area contributed by atoms with Crippen molar-refractivity contribution in [1.29, 1.82) is 0 Å². The summed E-state index contributed by atoms with van der Waals surface area (Å²) in [5.74, 6) is 1.12. The van der Waals surface area contributed by atoms with E-state index in [2.05, 4.69) is 27.5 Å². The minimum Gasteiger partial charge on any atom is -0.479 e. The van der Waals surface area contributed by atoms with Crippen molar-refractivity contribution >= 4 is 17.1 Å². The van der Waals surface area contributed by atoms with Crippen LogP contribution in [0, 0.1) is 0 Å². The van der Waals surface area contributed by atoms with Gasteiger partial charge in [-0.3, -0.25) is 0 Å². The van der Waals surface area contributed by atoms with E-state index in [1.165, 1.54) is 0 Å². The Morgan fingerprint density at radius 2 is 1.94 bits per heavy atom. The molecule has 4 heterocycles. The van der Waals surface area contributed by atoms with Crippen molar-refractivity contribution in [2.24, 2.45) is 0 Å². The van der Waals surface area contributed by atoms with Crippen molar-refractivity contribution in [1.82, 2.24) is 24.0 Å². The highest BCUT2D eigenvalue weighted by Gasteiger charge is 2.23. The molecule has 1 aliphatic rings. The Bertz CT molecular complexity index is 1200. The third kappa shape index (κ3) is 4.13. The molecule has 1 aliphatic carbocycles. The van der Waals surface area contributed by atoms with Gasteiger partial charge in [-0.15, -0.1) is 5.10 Å². The predicted molar refractivity (Wildman–Crippen MR) is 121 cm³/mol. The van der Waals surface area contributed by atoms with Crippen molar-refractivity contribution in [3.8, 4) is 17.0 Å². The number of hydrogen-bond donors (Lipinski definition) is 1. The fourth-order valence-electron chi connectivity index (χ4n) is 4.36. The van der Waals surface area contributed by atoms with Gasteiger partial charge in [0.1, 0.15) is 11.2 Å². The van der Waals surface area contributed by atoms with Gasteiger partial charge in [0.2, 0.25) is 11.8 Å². The SMILES string of the molecule is COCCOC1CCC(Nc2nc(OC)c3c(-c4ccc5nccn5c4)ccn3n2)CC1. The molecule has 4 aromatic rings. The topological polar surface area (TPSA) is 87.2 Å². The fourth-order valence-corrected chi connectivity index (χ4v) is 4.36. The molecule has 9 nitrogen and oxygen atoms in total. The normalized spacial score (nSPS) is 18.9. The average molecular weight is 437 g/mol. The van der Waals surface area contributed by atoms with Crippen LogP contribution in [0.4, 0.5) is 5.95 Å². The molecular weight excluding hydrogens is 408 g/mol. The number of nitrogens with one attached hydrogen (secondary N) is 1. The lowest BCUT2D eigenvalue weighted by molar-refractivity contribution is -0.00158. The third-order valence-corrected chi connectivity index (χ3v) is 6.02. The van der Waals surface area contributed by atoms with Gasteiger partial charge in [0.25, 0.3) is 0 Å². The van der Waals surface area contributed by atoms with E-state index in [0.717, 1.165) is 48.0 Å². The van der Waals surface area contributed by atoms with Gasteiger partial charge in [0, 0.05) is 49.1 Å². The smallest absolute Gasteiger partial charge is 0.244 e. The Morgan fingerprint density at radius 1 is 1.06 bits per heavy atom. The molecule has 0 radical (unpaired) electrons. The van der Waals surface area contributed by atoms with Crippen molar-refractivity contribution in [3.05, 3.63) is 43.0 Å². The quantitative estimate of drug-likeness (QED) is 0.423. The van der Waals surface area contributed by atoms with Gasteiger partial charge in [-0.1, -0.05) is 0 Å². The van der Waals surface area contributed by atoms with Crippen LogP contribution in [0.1, 0.15) is 25.7 Å². The largest absolute Gasteiger partial charge is 0.479 e. The van der Waals surface area contributed by atoms with Gasteiger partial charge in [-0.2, -0.15) is 4.98 Å². The van der Waals surface area contributed by atoms with E-state index in [4.69, 9.17) is 19.3 Å². The molecule has 0 atom stereocenters. The monoisotopic (exact) mass is 436 g/mol. The standard InChI is InChI=1S/C23H28N6O3/c1-30-13-14-32-18-6-4-17(5-7-18)25-23-26-22(31-2)21-19(9-11-29(21)27-23)16-3-8-20-24-10-12-28(20)15-16/h3,8-12,15,17-18H,4-7,13-14H2,1-2H3,(H,25,27). The Hall–Kier alpha value is -3.17.